The van der Waals surface area contributed by atoms with Gasteiger partial charge in [-0.3, -0.25) is 4.98 Å². The monoisotopic (exact) mass is 251 g/mol. The van der Waals surface area contributed by atoms with Crippen molar-refractivity contribution in [1.82, 2.24) is 15.6 Å². The third-order valence-electron chi connectivity index (χ3n) is 2.42. The van der Waals surface area contributed by atoms with E-state index in [2.05, 4.69) is 15.6 Å². The molecule has 0 aliphatic carbocycles. The van der Waals surface area contributed by atoms with E-state index in [1.165, 1.54) is 0 Å². The maximum atomic E-state index is 11.5. The zero-order valence-electron chi connectivity index (χ0n) is 10.4. The number of amides is 2. The van der Waals surface area contributed by atoms with Crippen LogP contribution < -0.4 is 10.6 Å². The first kappa shape index (κ1) is 14.0. The van der Waals surface area contributed by atoms with E-state index in [0.717, 1.165) is 5.56 Å². The van der Waals surface area contributed by atoms with E-state index in [-0.39, 0.29) is 5.92 Å². The van der Waals surface area contributed by atoms with Gasteiger partial charge < -0.3 is 15.7 Å². The number of urea groups is 1. The van der Waals surface area contributed by atoms with Crippen LogP contribution in [0.5, 0.6) is 0 Å². The molecule has 1 aromatic rings. The molecule has 0 bridgehead atoms. The van der Waals surface area contributed by atoms with E-state index >= 15 is 0 Å². The second-order valence-electron chi connectivity index (χ2n) is 4.24. The number of carbonyl (C=O) groups is 2. The largest absolute Gasteiger partial charge is 0.480 e. The maximum Gasteiger partial charge on any atom is 0.326 e. The van der Waals surface area contributed by atoms with E-state index in [0.29, 0.717) is 6.54 Å². The molecule has 0 aromatic carbocycles. The molecule has 0 saturated heterocycles. The van der Waals surface area contributed by atoms with E-state index < -0.39 is 18.0 Å². The number of aliphatic carboxylic acids is 1. The highest BCUT2D eigenvalue weighted by Gasteiger charge is 2.22. The molecule has 0 fully saturated rings. The summed E-state index contributed by atoms with van der Waals surface area (Å²) in [5.74, 6) is -1.21. The van der Waals surface area contributed by atoms with Gasteiger partial charge in [-0.15, -0.1) is 0 Å². The summed E-state index contributed by atoms with van der Waals surface area (Å²) in [7, 11) is 0. The Morgan fingerprint density at radius 2 is 1.94 bits per heavy atom. The van der Waals surface area contributed by atoms with Crippen LogP contribution in [0.25, 0.3) is 0 Å². The number of carboxylic acid groups (broad SMARTS) is 1. The summed E-state index contributed by atoms with van der Waals surface area (Å²) in [5, 5.41) is 13.9. The lowest BCUT2D eigenvalue weighted by Crippen LogP contribution is -2.48. The lowest BCUT2D eigenvalue weighted by molar-refractivity contribution is -0.140. The van der Waals surface area contributed by atoms with Crippen LogP contribution in [0.3, 0.4) is 0 Å². The molecule has 0 spiro atoms. The van der Waals surface area contributed by atoms with Gasteiger partial charge in [0, 0.05) is 18.9 Å². The first-order valence-corrected chi connectivity index (χ1v) is 5.66. The van der Waals surface area contributed by atoms with Crippen molar-refractivity contribution in [2.24, 2.45) is 5.92 Å². The highest BCUT2D eigenvalue weighted by atomic mass is 16.4. The van der Waals surface area contributed by atoms with Crippen LogP contribution in [0.1, 0.15) is 19.4 Å². The fourth-order valence-electron chi connectivity index (χ4n) is 1.39. The van der Waals surface area contributed by atoms with E-state index in [1.54, 1.807) is 38.4 Å². The Morgan fingerprint density at radius 3 is 2.44 bits per heavy atom. The van der Waals surface area contributed by atoms with Crippen LogP contribution in [0.2, 0.25) is 0 Å². The second kappa shape index (κ2) is 6.58. The fourth-order valence-corrected chi connectivity index (χ4v) is 1.39. The Balaban J connectivity index is 2.44. The Hall–Kier alpha value is -2.11. The van der Waals surface area contributed by atoms with Gasteiger partial charge in [0.1, 0.15) is 6.04 Å². The van der Waals surface area contributed by atoms with E-state index in [4.69, 9.17) is 5.11 Å². The van der Waals surface area contributed by atoms with Crippen molar-refractivity contribution in [3.8, 4) is 0 Å². The van der Waals surface area contributed by atoms with Crippen LogP contribution in [0.4, 0.5) is 4.79 Å². The first-order chi connectivity index (χ1) is 8.50. The van der Waals surface area contributed by atoms with Gasteiger partial charge in [0.25, 0.3) is 0 Å². The minimum Gasteiger partial charge on any atom is -0.480 e. The van der Waals surface area contributed by atoms with Crippen molar-refractivity contribution in [3.63, 3.8) is 0 Å². The minimum absolute atomic E-state index is 0.172. The van der Waals surface area contributed by atoms with E-state index in [1.807, 2.05) is 0 Å². The predicted molar refractivity (Wildman–Crippen MR) is 65.9 cm³/mol. The van der Waals surface area contributed by atoms with Gasteiger partial charge in [-0.1, -0.05) is 13.8 Å². The molecule has 1 aromatic heterocycles. The van der Waals surface area contributed by atoms with Gasteiger partial charge in [-0.25, -0.2) is 9.59 Å². The number of carboxylic acids is 1. The lowest BCUT2D eigenvalue weighted by atomic mass is 10.1. The first-order valence-electron chi connectivity index (χ1n) is 5.66. The molecule has 0 aliphatic heterocycles. The van der Waals surface area contributed by atoms with Crippen LogP contribution in [0, 0.1) is 5.92 Å². The molecule has 98 valence electrons. The topological polar surface area (TPSA) is 91.3 Å². The molecule has 1 atom stereocenters. The molecular weight excluding hydrogens is 234 g/mol. The summed E-state index contributed by atoms with van der Waals surface area (Å²) < 4.78 is 0. The number of carbonyl (C=O) groups excluding carboxylic acids is 1. The average Bonchev–Trinajstić information content (AvgIpc) is 2.34. The Bertz CT molecular complexity index is 406. The van der Waals surface area contributed by atoms with Gasteiger partial charge in [0.05, 0.1) is 0 Å². The summed E-state index contributed by atoms with van der Waals surface area (Å²) in [4.78, 5) is 26.3. The predicted octanol–water partition coefficient (Wildman–Crippen LogP) is 0.990. The number of aromatic nitrogens is 1. The van der Waals surface area contributed by atoms with Crippen molar-refractivity contribution in [3.05, 3.63) is 30.1 Å². The average molecular weight is 251 g/mol. The van der Waals surface area contributed by atoms with Crippen molar-refractivity contribution in [2.75, 3.05) is 0 Å². The van der Waals surface area contributed by atoms with E-state index in [9.17, 15) is 9.59 Å². The van der Waals surface area contributed by atoms with Gasteiger partial charge in [-0.2, -0.15) is 0 Å². The molecule has 6 heteroatoms. The number of pyridine rings is 1. The molecule has 2 amide bonds. The number of rotatable bonds is 5. The summed E-state index contributed by atoms with van der Waals surface area (Å²) in [6.45, 7) is 3.81. The summed E-state index contributed by atoms with van der Waals surface area (Å²) in [6, 6.07) is 2.17. The van der Waals surface area contributed by atoms with Crippen molar-refractivity contribution in [1.29, 1.82) is 0 Å². The van der Waals surface area contributed by atoms with Gasteiger partial charge in [0.2, 0.25) is 0 Å². The number of hydrogen-bond acceptors (Lipinski definition) is 3. The lowest BCUT2D eigenvalue weighted by Gasteiger charge is -2.18. The minimum atomic E-state index is -1.04. The quantitative estimate of drug-likeness (QED) is 0.727. The van der Waals surface area contributed by atoms with Crippen LogP contribution >= 0.6 is 0 Å². The fraction of sp³-hybridized carbons (Fsp3) is 0.417. The van der Waals surface area contributed by atoms with Crippen molar-refractivity contribution < 1.29 is 14.7 Å². The number of nitrogens with zero attached hydrogens (tertiary/aromatic N) is 1. The normalized spacial score (nSPS) is 11.9. The molecule has 0 aliphatic rings. The highest BCUT2D eigenvalue weighted by Crippen LogP contribution is 2.01. The molecule has 18 heavy (non-hydrogen) atoms. The Labute approximate surface area is 105 Å². The summed E-state index contributed by atoms with van der Waals surface area (Å²) in [6.07, 6.45) is 3.26. The van der Waals surface area contributed by atoms with Gasteiger partial charge in [0.15, 0.2) is 0 Å². The summed E-state index contributed by atoms with van der Waals surface area (Å²) in [5.41, 5.74) is 0.900. The van der Waals surface area contributed by atoms with Crippen LogP contribution in [0.15, 0.2) is 24.5 Å². The molecule has 0 saturated carbocycles. The van der Waals surface area contributed by atoms with Gasteiger partial charge >= 0.3 is 12.0 Å². The SMILES string of the molecule is CC(C)[C@@H](NC(=O)NCc1ccncc1)C(=O)O. The van der Waals surface area contributed by atoms with Crippen molar-refractivity contribution >= 4 is 12.0 Å². The molecule has 6 nitrogen and oxygen atoms in total. The third kappa shape index (κ3) is 4.40. The van der Waals surface area contributed by atoms with Crippen LogP contribution in [-0.2, 0) is 11.3 Å². The zero-order valence-corrected chi connectivity index (χ0v) is 10.4. The highest BCUT2D eigenvalue weighted by molar-refractivity contribution is 5.82. The van der Waals surface area contributed by atoms with Gasteiger partial charge in [-0.05, 0) is 23.6 Å². The molecule has 0 unspecified atom stereocenters. The standard InChI is InChI=1S/C12H17N3O3/c1-8(2)10(11(16)17)15-12(18)14-7-9-3-5-13-6-4-9/h3-6,8,10H,7H2,1-2H3,(H,16,17)(H2,14,15,18)/t10-/m1/s1. The molecular formula is C12H17N3O3. The Morgan fingerprint density at radius 1 is 1.33 bits per heavy atom. The smallest absolute Gasteiger partial charge is 0.326 e. The number of hydrogen-bond donors (Lipinski definition) is 3. The molecule has 1 rings (SSSR count). The van der Waals surface area contributed by atoms with Crippen LogP contribution in [-0.4, -0.2) is 28.1 Å². The molecule has 3 N–H and O–H groups in total. The summed E-state index contributed by atoms with van der Waals surface area (Å²) >= 11 is 0. The zero-order chi connectivity index (χ0) is 13.5. The Kier molecular flexibility index (Phi) is 5.10. The maximum absolute atomic E-state index is 11.5. The molecule has 0 radical (unpaired) electrons. The van der Waals surface area contributed by atoms with Crippen molar-refractivity contribution in [2.45, 2.75) is 26.4 Å². The molecule has 1 heterocycles. The number of nitrogens with one attached hydrogen (secondary N) is 2. The third-order valence-corrected chi connectivity index (χ3v) is 2.42. The second-order valence-corrected chi connectivity index (χ2v) is 4.24.